The molecule has 6 heteroatoms. The molecule has 0 fully saturated rings. The van der Waals surface area contributed by atoms with Gasteiger partial charge in [0.25, 0.3) is 0 Å². The van der Waals surface area contributed by atoms with Gasteiger partial charge >= 0.3 is 0 Å². The molecule has 3 aromatic rings. The highest BCUT2D eigenvalue weighted by atomic mass is 16.5. The van der Waals surface area contributed by atoms with Crippen LogP contribution in [0.3, 0.4) is 0 Å². The fourth-order valence-electron chi connectivity index (χ4n) is 2.66. The van der Waals surface area contributed by atoms with Crippen LogP contribution in [-0.4, -0.2) is 23.2 Å². The Hall–Kier alpha value is -3.15. The molecule has 0 radical (unpaired) electrons. The number of nitrogens with zero attached hydrogens (tertiary/aromatic N) is 2. The fraction of sp³-hybridized carbons (Fsp3) is 0.250. The molecule has 1 heterocycles. The van der Waals surface area contributed by atoms with Crippen molar-refractivity contribution in [1.29, 1.82) is 0 Å². The number of methoxy groups -OCH3 is 1. The van der Waals surface area contributed by atoms with Crippen molar-refractivity contribution in [3.05, 3.63) is 65.0 Å². The lowest BCUT2D eigenvalue weighted by atomic mass is 10.0. The van der Waals surface area contributed by atoms with Gasteiger partial charge in [0.2, 0.25) is 17.6 Å². The molecule has 0 bridgehead atoms. The van der Waals surface area contributed by atoms with Crippen LogP contribution in [0.15, 0.2) is 47.0 Å². The van der Waals surface area contributed by atoms with E-state index in [2.05, 4.69) is 21.5 Å². The van der Waals surface area contributed by atoms with Crippen molar-refractivity contribution in [2.24, 2.45) is 0 Å². The van der Waals surface area contributed by atoms with Gasteiger partial charge in [0.1, 0.15) is 5.75 Å². The van der Waals surface area contributed by atoms with Gasteiger partial charge in [0, 0.05) is 5.56 Å². The van der Waals surface area contributed by atoms with Gasteiger partial charge < -0.3 is 14.6 Å². The van der Waals surface area contributed by atoms with Crippen molar-refractivity contribution in [1.82, 2.24) is 15.5 Å². The maximum absolute atomic E-state index is 12.2. The van der Waals surface area contributed by atoms with Gasteiger partial charge in [-0.3, -0.25) is 4.79 Å². The second kappa shape index (κ2) is 7.82. The molecule has 3 rings (SSSR count). The summed E-state index contributed by atoms with van der Waals surface area (Å²) in [6.45, 7) is 4.24. The van der Waals surface area contributed by atoms with Gasteiger partial charge in [-0.25, -0.2) is 0 Å². The number of aromatic nitrogens is 2. The second-order valence-electron chi connectivity index (χ2n) is 6.13. The third kappa shape index (κ3) is 4.27. The number of carbonyl (C=O) groups excluding carboxylic acids is 1. The molecule has 0 aliphatic carbocycles. The Morgan fingerprint density at radius 3 is 2.81 bits per heavy atom. The first kappa shape index (κ1) is 17.7. The lowest BCUT2D eigenvalue weighted by molar-refractivity contribution is -0.120. The zero-order valence-corrected chi connectivity index (χ0v) is 15.1. The Morgan fingerprint density at radius 2 is 2.04 bits per heavy atom. The molecule has 1 aromatic heterocycles. The number of carbonyl (C=O) groups is 1. The first-order chi connectivity index (χ1) is 12.5. The number of hydrogen-bond acceptors (Lipinski definition) is 5. The van der Waals surface area contributed by atoms with E-state index in [0.29, 0.717) is 18.1 Å². The van der Waals surface area contributed by atoms with Gasteiger partial charge in [-0.1, -0.05) is 41.1 Å². The summed E-state index contributed by atoms with van der Waals surface area (Å²) < 4.78 is 10.4. The molecule has 1 N–H and O–H groups in total. The summed E-state index contributed by atoms with van der Waals surface area (Å²) >= 11 is 0. The highest BCUT2D eigenvalue weighted by molar-refractivity contribution is 5.78. The quantitative estimate of drug-likeness (QED) is 0.738. The van der Waals surface area contributed by atoms with Gasteiger partial charge in [-0.2, -0.15) is 4.98 Å². The van der Waals surface area contributed by atoms with Crippen LogP contribution in [0.2, 0.25) is 0 Å². The molecule has 0 saturated carbocycles. The molecule has 6 nitrogen and oxygen atoms in total. The molecule has 0 spiro atoms. The van der Waals surface area contributed by atoms with Crippen molar-refractivity contribution in [2.45, 2.75) is 26.8 Å². The van der Waals surface area contributed by atoms with E-state index in [1.807, 2.05) is 50.2 Å². The molecule has 0 aliphatic rings. The van der Waals surface area contributed by atoms with Crippen LogP contribution in [0.5, 0.6) is 5.75 Å². The summed E-state index contributed by atoms with van der Waals surface area (Å²) in [5.74, 6) is 1.45. The number of hydrogen-bond donors (Lipinski definition) is 1. The lowest BCUT2D eigenvalue weighted by Gasteiger charge is -2.07. The first-order valence-corrected chi connectivity index (χ1v) is 8.35. The molecular formula is C20H21N3O3. The number of rotatable bonds is 6. The van der Waals surface area contributed by atoms with Crippen LogP contribution in [-0.2, 0) is 17.8 Å². The fourth-order valence-corrected chi connectivity index (χ4v) is 2.66. The number of nitrogens with one attached hydrogen (secondary N) is 1. The van der Waals surface area contributed by atoms with Crippen LogP contribution in [0.1, 0.15) is 22.6 Å². The summed E-state index contributed by atoms with van der Waals surface area (Å²) in [6, 6.07) is 13.5. The highest BCUT2D eigenvalue weighted by Crippen LogP contribution is 2.21. The second-order valence-corrected chi connectivity index (χ2v) is 6.13. The topological polar surface area (TPSA) is 77.3 Å². The van der Waals surface area contributed by atoms with E-state index in [0.717, 1.165) is 22.4 Å². The van der Waals surface area contributed by atoms with Gasteiger partial charge in [0.05, 0.1) is 20.1 Å². The van der Waals surface area contributed by atoms with Gasteiger partial charge in [0.15, 0.2) is 0 Å². The van der Waals surface area contributed by atoms with E-state index in [4.69, 9.17) is 9.26 Å². The third-order valence-electron chi connectivity index (χ3n) is 4.08. The van der Waals surface area contributed by atoms with Crippen molar-refractivity contribution >= 4 is 5.91 Å². The van der Waals surface area contributed by atoms with Crippen LogP contribution >= 0.6 is 0 Å². The first-order valence-electron chi connectivity index (χ1n) is 8.35. The van der Waals surface area contributed by atoms with Crippen LogP contribution < -0.4 is 10.1 Å². The average Bonchev–Trinajstić information content (AvgIpc) is 3.11. The smallest absolute Gasteiger partial charge is 0.246 e. The van der Waals surface area contributed by atoms with E-state index in [9.17, 15) is 4.79 Å². The summed E-state index contributed by atoms with van der Waals surface area (Å²) in [6.07, 6.45) is 0.322. The predicted molar refractivity (Wildman–Crippen MR) is 97.8 cm³/mol. The van der Waals surface area contributed by atoms with Crippen LogP contribution in [0.25, 0.3) is 11.4 Å². The molecule has 134 valence electrons. The molecule has 2 aromatic carbocycles. The maximum atomic E-state index is 12.2. The highest BCUT2D eigenvalue weighted by Gasteiger charge is 2.11. The van der Waals surface area contributed by atoms with Crippen molar-refractivity contribution in [2.75, 3.05) is 7.11 Å². The number of benzene rings is 2. The van der Waals surface area contributed by atoms with E-state index in [1.54, 1.807) is 7.11 Å². The van der Waals surface area contributed by atoms with Crippen molar-refractivity contribution in [3.8, 4) is 17.1 Å². The minimum Gasteiger partial charge on any atom is -0.497 e. The largest absolute Gasteiger partial charge is 0.497 e. The summed E-state index contributed by atoms with van der Waals surface area (Å²) in [5.41, 5.74) is 4.09. The van der Waals surface area contributed by atoms with Gasteiger partial charge in [-0.15, -0.1) is 0 Å². The van der Waals surface area contributed by atoms with E-state index in [-0.39, 0.29) is 12.5 Å². The summed E-state index contributed by atoms with van der Waals surface area (Å²) in [7, 11) is 1.60. The third-order valence-corrected chi connectivity index (χ3v) is 4.08. The molecule has 0 saturated heterocycles. The van der Waals surface area contributed by atoms with E-state index in [1.165, 1.54) is 5.56 Å². The average molecular weight is 351 g/mol. The standard InChI is InChI=1S/C20H21N3O3/c1-13-7-8-15(14(2)9-13)11-18(24)21-12-19-22-20(23-26-19)16-5-4-6-17(10-16)25-3/h4-10H,11-12H2,1-3H3,(H,21,24). The normalized spacial score (nSPS) is 10.6. The maximum Gasteiger partial charge on any atom is 0.246 e. The Bertz CT molecular complexity index is 918. The number of aryl methyl sites for hydroxylation is 2. The molecular weight excluding hydrogens is 330 g/mol. The van der Waals surface area contributed by atoms with E-state index >= 15 is 0 Å². The number of ether oxygens (including phenoxy) is 1. The summed E-state index contributed by atoms with van der Waals surface area (Å²) in [4.78, 5) is 16.5. The molecule has 26 heavy (non-hydrogen) atoms. The lowest BCUT2D eigenvalue weighted by Crippen LogP contribution is -2.25. The zero-order valence-electron chi connectivity index (χ0n) is 15.1. The Labute approximate surface area is 152 Å². The van der Waals surface area contributed by atoms with Crippen LogP contribution in [0, 0.1) is 13.8 Å². The van der Waals surface area contributed by atoms with Gasteiger partial charge in [-0.05, 0) is 37.1 Å². The minimum absolute atomic E-state index is 0.0851. The minimum atomic E-state index is -0.0851. The Balaban J connectivity index is 1.60. The molecule has 0 atom stereocenters. The monoisotopic (exact) mass is 351 g/mol. The van der Waals surface area contributed by atoms with Crippen molar-refractivity contribution in [3.63, 3.8) is 0 Å². The summed E-state index contributed by atoms with van der Waals surface area (Å²) in [5, 5.41) is 6.77. The Morgan fingerprint density at radius 1 is 1.19 bits per heavy atom. The van der Waals surface area contributed by atoms with Crippen molar-refractivity contribution < 1.29 is 14.1 Å². The van der Waals surface area contributed by atoms with Crippen LogP contribution in [0.4, 0.5) is 0 Å². The Kier molecular flexibility index (Phi) is 5.31. The molecule has 0 aliphatic heterocycles. The number of amides is 1. The van der Waals surface area contributed by atoms with E-state index < -0.39 is 0 Å². The molecule has 1 amide bonds. The molecule has 0 unspecified atom stereocenters. The SMILES string of the molecule is COc1cccc(-c2noc(CNC(=O)Cc3ccc(C)cc3C)n2)c1. The zero-order chi connectivity index (χ0) is 18.5. The predicted octanol–water partition coefficient (Wildman–Crippen LogP) is 3.22.